The van der Waals surface area contributed by atoms with Gasteiger partial charge in [0.25, 0.3) is 0 Å². The number of fused-ring (bicyclic) bond motifs is 2. The summed E-state index contributed by atoms with van der Waals surface area (Å²) in [6.07, 6.45) is 3.39. The molecule has 5 heteroatoms. The van der Waals surface area contributed by atoms with E-state index in [9.17, 15) is 4.79 Å². The Morgan fingerprint density at radius 2 is 1.96 bits per heavy atom. The summed E-state index contributed by atoms with van der Waals surface area (Å²) in [7, 11) is 3.22. The number of allylic oxidation sites excluding steroid dienone is 1. The molecule has 0 radical (unpaired) electrons. The number of benzene rings is 2. The molecule has 1 aliphatic carbocycles. The Hall–Kier alpha value is -3.21. The fourth-order valence-corrected chi connectivity index (χ4v) is 3.46. The first-order valence-corrected chi connectivity index (χ1v) is 8.39. The van der Waals surface area contributed by atoms with Gasteiger partial charge < -0.3 is 19.6 Å². The van der Waals surface area contributed by atoms with Gasteiger partial charge in [0.05, 0.1) is 19.6 Å². The largest absolute Gasteiger partial charge is 0.493 e. The number of nitrogen functional groups attached to an aromatic ring is 1. The molecule has 132 valence electrons. The molecule has 2 N–H and O–H groups in total. The molecule has 1 heterocycles. The molecular weight excluding hydrogens is 330 g/mol. The standard InChI is InChI=1S/C21H19NO4/c1-24-17-5-3-4-12(21(17)25-2)10-13-6-8-16-19(23)15-9-7-14(22)11-18(15)26-20(13)16/h3-5,7,9-11H,6,8,22H2,1-2H3. The molecule has 0 saturated carbocycles. The Labute approximate surface area is 150 Å². The number of ether oxygens (including phenoxy) is 2. The first-order chi connectivity index (χ1) is 12.6. The van der Waals surface area contributed by atoms with E-state index in [2.05, 4.69) is 0 Å². The van der Waals surface area contributed by atoms with E-state index < -0.39 is 0 Å². The van der Waals surface area contributed by atoms with Gasteiger partial charge in [0.15, 0.2) is 16.9 Å². The number of para-hydroxylation sites is 1. The lowest BCUT2D eigenvalue weighted by Gasteiger charge is -2.11. The highest BCUT2D eigenvalue weighted by atomic mass is 16.5. The van der Waals surface area contributed by atoms with E-state index in [0.29, 0.717) is 40.3 Å². The maximum Gasteiger partial charge on any atom is 0.196 e. The van der Waals surface area contributed by atoms with E-state index >= 15 is 0 Å². The summed E-state index contributed by atoms with van der Waals surface area (Å²) >= 11 is 0. The summed E-state index contributed by atoms with van der Waals surface area (Å²) < 4.78 is 16.9. The third kappa shape index (κ3) is 2.52. The first kappa shape index (κ1) is 16.3. The molecule has 0 aliphatic heterocycles. The van der Waals surface area contributed by atoms with Gasteiger partial charge in [-0.15, -0.1) is 0 Å². The van der Waals surface area contributed by atoms with Gasteiger partial charge in [0.2, 0.25) is 0 Å². The highest BCUT2D eigenvalue weighted by molar-refractivity contribution is 5.89. The van der Waals surface area contributed by atoms with Gasteiger partial charge in [-0.2, -0.15) is 0 Å². The van der Waals surface area contributed by atoms with Crippen LogP contribution in [0.4, 0.5) is 5.69 Å². The van der Waals surface area contributed by atoms with Crippen LogP contribution in [0.2, 0.25) is 0 Å². The molecule has 0 spiro atoms. The lowest BCUT2D eigenvalue weighted by atomic mass is 10.1. The van der Waals surface area contributed by atoms with E-state index in [1.165, 1.54) is 0 Å². The van der Waals surface area contributed by atoms with Gasteiger partial charge in [0.1, 0.15) is 11.3 Å². The zero-order chi connectivity index (χ0) is 18.3. The molecule has 0 atom stereocenters. The SMILES string of the molecule is COc1cccc(C=C2CCc3c2oc2cc(N)ccc2c3=O)c1OC. The van der Waals surface area contributed by atoms with Crippen LogP contribution in [0.5, 0.6) is 11.5 Å². The van der Waals surface area contributed by atoms with Crippen LogP contribution in [0, 0.1) is 0 Å². The molecule has 5 nitrogen and oxygen atoms in total. The number of methoxy groups -OCH3 is 2. The molecule has 4 rings (SSSR count). The third-order valence-electron chi connectivity index (χ3n) is 4.71. The molecule has 1 aromatic heterocycles. The fraction of sp³-hybridized carbons (Fsp3) is 0.190. The van der Waals surface area contributed by atoms with Crippen molar-refractivity contribution in [1.29, 1.82) is 0 Å². The molecule has 3 aromatic rings. The van der Waals surface area contributed by atoms with Crippen molar-refractivity contribution in [2.45, 2.75) is 12.8 Å². The summed E-state index contributed by atoms with van der Waals surface area (Å²) in [6.45, 7) is 0. The molecule has 0 unspecified atom stereocenters. The van der Waals surface area contributed by atoms with Gasteiger partial charge in [0, 0.05) is 22.9 Å². The summed E-state index contributed by atoms with van der Waals surface area (Å²) in [6, 6.07) is 10.8. The number of nitrogens with two attached hydrogens (primary N) is 1. The monoisotopic (exact) mass is 349 g/mol. The Kier molecular flexibility index (Phi) is 3.92. The smallest absolute Gasteiger partial charge is 0.196 e. The second-order valence-electron chi connectivity index (χ2n) is 6.25. The Morgan fingerprint density at radius 1 is 1.12 bits per heavy atom. The van der Waals surface area contributed by atoms with Crippen molar-refractivity contribution < 1.29 is 13.9 Å². The molecule has 0 fully saturated rings. The van der Waals surface area contributed by atoms with Gasteiger partial charge in [-0.05, 0) is 42.7 Å². The minimum atomic E-state index is 0.0160. The van der Waals surface area contributed by atoms with Crippen molar-refractivity contribution in [3.8, 4) is 11.5 Å². The molecule has 2 aromatic carbocycles. The van der Waals surface area contributed by atoms with E-state index in [1.54, 1.807) is 32.4 Å². The van der Waals surface area contributed by atoms with E-state index in [0.717, 1.165) is 23.1 Å². The van der Waals surface area contributed by atoms with Gasteiger partial charge >= 0.3 is 0 Å². The number of anilines is 1. The number of hydrogen-bond donors (Lipinski definition) is 1. The predicted octanol–water partition coefficient (Wildman–Crippen LogP) is 3.88. The van der Waals surface area contributed by atoms with Crippen LogP contribution in [0.1, 0.15) is 23.3 Å². The second kappa shape index (κ2) is 6.26. The van der Waals surface area contributed by atoms with Crippen molar-refractivity contribution in [1.82, 2.24) is 0 Å². The average molecular weight is 349 g/mol. The molecule has 0 saturated heterocycles. The first-order valence-electron chi connectivity index (χ1n) is 8.39. The van der Waals surface area contributed by atoms with Gasteiger partial charge in [-0.1, -0.05) is 12.1 Å². The van der Waals surface area contributed by atoms with E-state index in [-0.39, 0.29) is 5.43 Å². The molecule has 0 amide bonds. The summed E-state index contributed by atoms with van der Waals surface area (Å²) in [4.78, 5) is 12.8. The quantitative estimate of drug-likeness (QED) is 0.726. The highest BCUT2D eigenvalue weighted by Crippen LogP contribution is 2.38. The summed E-state index contributed by atoms with van der Waals surface area (Å²) in [5.41, 5.74) is 9.50. The van der Waals surface area contributed by atoms with Gasteiger partial charge in [-0.25, -0.2) is 0 Å². The Morgan fingerprint density at radius 3 is 2.73 bits per heavy atom. The maximum atomic E-state index is 12.8. The molecule has 26 heavy (non-hydrogen) atoms. The van der Waals surface area contributed by atoms with Crippen LogP contribution < -0.4 is 20.6 Å². The average Bonchev–Trinajstić information content (AvgIpc) is 3.04. The fourth-order valence-electron chi connectivity index (χ4n) is 3.46. The summed E-state index contributed by atoms with van der Waals surface area (Å²) in [5, 5.41) is 0.568. The highest BCUT2D eigenvalue weighted by Gasteiger charge is 2.24. The lowest BCUT2D eigenvalue weighted by molar-refractivity contribution is 0.354. The molecular formula is C21H19NO4. The minimum absolute atomic E-state index is 0.0160. The van der Waals surface area contributed by atoms with Crippen LogP contribution in [0.25, 0.3) is 22.6 Å². The number of hydrogen-bond acceptors (Lipinski definition) is 5. The van der Waals surface area contributed by atoms with Crippen molar-refractivity contribution in [3.63, 3.8) is 0 Å². The minimum Gasteiger partial charge on any atom is -0.493 e. The van der Waals surface area contributed by atoms with Crippen LogP contribution in [-0.2, 0) is 6.42 Å². The van der Waals surface area contributed by atoms with Crippen molar-refractivity contribution in [2.24, 2.45) is 0 Å². The maximum absolute atomic E-state index is 12.8. The van der Waals surface area contributed by atoms with Crippen LogP contribution in [0.3, 0.4) is 0 Å². The van der Waals surface area contributed by atoms with Crippen molar-refractivity contribution >= 4 is 28.3 Å². The zero-order valence-electron chi connectivity index (χ0n) is 14.7. The van der Waals surface area contributed by atoms with Crippen LogP contribution in [-0.4, -0.2) is 14.2 Å². The van der Waals surface area contributed by atoms with Gasteiger partial charge in [-0.3, -0.25) is 4.79 Å². The summed E-state index contributed by atoms with van der Waals surface area (Å²) in [5.74, 6) is 1.95. The Balaban J connectivity index is 1.90. The normalized spacial score (nSPS) is 14.6. The van der Waals surface area contributed by atoms with E-state index in [1.807, 2.05) is 24.3 Å². The lowest BCUT2D eigenvalue weighted by Crippen LogP contribution is -2.08. The third-order valence-corrected chi connectivity index (χ3v) is 4.71. The van der Waals surface area contributed by atoms with Crippen molar-refractivity contribution in [2.75, 3.05) is 20.0 Å². The second-order valence-corrected chi connectivity index (χ2v) is 6.25. The van der Waals surface area contributed by atoms with Crippen molar-refractivity contribution in [3.05, 3.63) is 63.5 Å². The van der Waals surface area contributed by atoms with Crippen LogP contribution in [0.15, 0.2) is 45.6 Å². The topological polar surface area (TPSA) is 74.7 Å². The zero-order valence-corrected chi connectivity index (χ0v) is 14.7. The van der Waals surface area contributed by atoms with Crippen LogP contribution >= 0.6 is 0 Å². The number of rotatable bonds is 3. The Bertz CT molecular complexity index is 1100. The molecule has 0 bridgehead atoms. The predicted molar refractivity (Wildman–Crippen MR) is 103 cm³/mol. The van der Waals surface area contributed by atoms with E-state index in [4.69, 9.17) is 19.6 Å². The molecule has 1 aliphatic rings.